The van der Waals surface area contributed by atoms with Crippen molar-refractivity contribution in [3.63, 3.8) is 0 Å². The first-order valence-corrected chi connectivity index (χ1v) is 12.2. The van der Waals surface area contributed by atoms with Gasteiger partial charge in [0.1, 0.15) is 0 Å². The first-order valence-electron chi connectivity index (χ1n) is 8.70. The van der Waals surface area contributed by atoms with Gasteiger partial charge in [-0.05, 0) is 50.5 Å². The van der Waals surface area contributed by atoms with Crippen molar-refractivity contribution in [2.24, 2.45) is 5.92 Å². The minimum absolute atomic E-state index is 0.170. The molecule has 7 heteroatoms. The zero-order chi connectivity index (χ0) is 16.7. The van der Waals surface area contributed by atoms with Gasteiger partial charge in [0.05, 0.1) is 28.9 Å². The van der Waals surface area contributed by atoms with Crippen molar-refractivity contribution in [3.05, 3.63) is 9.55 Å². The molecule has 1 unspecified atom stereocenters. The summed E-state index contributed by atoms with van der Waals surface area (Å²) in [7, 11) is -3.43. The Labute approximate surface area is 148 Å². The van der Waals surface area contributed by atoms with Gasteiger partial charge in [0.15, 0.2) is 0 Å². The van der Waals surface area contributed by atoms with Crippen LogP contribution in [0.1, 0.15) is 52.4 Å². The van der Waals surface area contributed by atoms with Crippen molar-refractivity contribution in [2.75, 3.05) is 24.7 Å². The largest absolute Gasteiger partial charge is 0.388 e. The fourth-order valence-corrected chi connectivity index (χ4v) is 8.51. The highest BCUT2D eigenvalue weighted by Crippen LogP contribution is 2.62. The van der Waals surface area contributed by atoms with E-state index in [1.54, 1.807) is 23.5 Å². The van der Waals surface area contributed by atoms with Gasteiger partial charge in [0.2, 0.25) is 0 Å². The van der Waals surface area contributed by atoms with E-state index >= 15 is 0 Å². The van der Waals surface area contributed by atoms with Crippen LogP contribution in [0.25, 0.3) is 0 Å². The van der Waals surface area contributed by atoms with Crippen molar-refractivity contribution >= 4 is 31.1 Å². The van der Waals surface area contributed by atoms with Gasteiger partial charge in [-0.1, -0.05) is 19.3 Å². The third kappa shape index (κ3) is 5.26. The molecule has 0 aromatic rings. The normalized spacial score (nSPS) is 22.1. The first-order chi connectivity index (χ1) is 11.1. The summed E-state index contributed by atoms with van der Waals surface area (Å²) in [5, 5.41) is 11.6. The highest BCUT2D eigenvalue weighted by molar-refractivity contribution is 8.23. The lowest BCUT2D eigenvalue weighted by atomic mass is 9.85. The highest BCUT2D eigenvalue weighted by atomic mass is 32.2. The molecule has 134 valence electrons. The Kier molecular flexibility index (Phi) is 8.54. The van der Waals surface area contributed by atoms with Crippen molar-refractivity contribution < 1.29 is 18.7 Å². The molecule has 0 amide bonds. The van der Waals surface area contributed by atoms with E-state index in [0.29, 0.717) is 18.5 Å². The van der Waals surface area contributed by atoms with Gasteiger partial charge in [-0.2, -0.15) is 0 Å². The van der Waals surface area contributed by atoms with Gasteiger partial charge in [0.25, 0.3) is 0 Å². The molecule has 0 aromatic carbocycles. The predicted molar refractivity (Wildman–Crippen MR) is 100.0 cm³/mol. The van der Waals surface area contributed by atoms with E-state index in [1.807, 2.05) is 13.8 Å². The maximum Gasteiger partial charge on any atom is 0.361 e. The average molecular weight is 381 g/mol. The van der Waals surface area contributed by atoms with E-state index < -0.39 is 13.7 Å². The Morgan fingerprint density at radius 3 is 2.22 bits per heavy atom. The van der Waals surface area contributed by atoms with Gasteiger partial charge in [-0.3, -0.25) is 4.57 Å². The minimum atomic E-state index is -3.43. The summed E-state index contributed by atoms with van der Waals surface area (Å²) in [6.45, 7) is 4.28. The number of hydrogen-bond acceptors (Lipinski definition) is 6. The average Bonchev–Trinajstić information content (AvgIpc) is 2.57. The molecular formula is C16H29O4PS2. The van der Waals surface area contributed by atoms with E-state index in [0.717, 1.165) is 47.8 Å². The number of rotatable bonds is 7. The van der Waals surface area contributed by atoms with E-state index in [4.69, 9.17) is 9.05 Å². The molecule has 0 spiro atoms. The number of hydrogen-bond donors (Lipinski definition) is 1. The van der Waals surface area contributed by atoms with Crippen LogP contribution >= 0.6 is 31.1 Å². The molecule has 23 heavy (non-hydrogen) atoms. The molecule has 0 radical (unpaired) electrons. The van der Waals surface area contributed by atoms with Crippen LogP contribution in [0, 0.1) is 5.92 Å². The van der Waals surface area contributed by atoms with Crippen LogP contribution in [0.3, 0.4) is 0 Å². The van der Waals surface area contributed by atoms with Crippen LogP contribution in [0.5, 0.6) is 0 Å². The lowest BCUT2D eigenvalue weighted by Gasteiger charge is -2.33. The summed E-state index contributed by atoms with van der Waals surface area (Å²) < 4.78 is 25.6. The lowest BCUT2D eigenvalue weighted by Crippen LogP contribution is -2.27. The van der Waals surface area contributed by atoms with E-state index in [1.165, 1.54) is 6.42 Å². The Morgan fingerprint density at radius 2 is 1.70 bits per heavy atom. The second kappa shape index (κ2) is 9.88. The molecule has 1 saturated carbocycles. The van der Waals surface area contributed by atoms with Crippen LogP contribution in [-0.4, -0.2) is 35.9 Å². The molecule has 1 N–H and O–H groups in total. The molecule has 2 aliphatic rings. The molecule has 1 aliphatic carbocycles. The molecule has 2 rings (SSSR count). The van der Waals surface area contributed by atoms with Crippen molar-refractivity contribution in [2.45, 2.75) is 58.5 Å². The van der Waals surface area contributed by atoms with Crippen LogP contribution < -0.4 is 0 Å². The smallest absolute Gasteiger partial charge is 0.361 e. The van der Waals surface area contributed by atoms with Gasteiger partial charge in [-0.15, -0.1) is 23.5 Å². The molecule has 2 fully saturated rings. The van der Waals surface area contributed by atoms with Gasteiger partial charge in [-0.25, -0.2) is 0 Å². The maximum absolute atomic E-state index is 13.4. The first kappa shape index (κ1) is 19.9. The summed E-state index contributed by atoms with van der Waals surface area (Å²) >= 11 is 3.39. The molecule has 4 nitrogen and oxygen atoms in total. The monoisotopic (exact) mass is 380 g/mol. The van der Waals surface area contributed by atoms with Crippen molar-refractivity contribution in [3.8, 4) is 0 Å². The second-order valence-corrected chi connectivity index (χ2v) is 10.4. The minimum Gasteiger partial charge on any atom is -0.388 e. The van der Waals surface area contributed by atoms with Crippen LogP contribution in [0.15, 0.2) is 9.55 Å². The molecule has 0 aromatic heterocycles. The molecule has 1 saturated heterocycles. The van der Waals surface area contributed by atoms with Gasteiger partial charge >= 0.3 is 7.60 Å². The Hall–Kier alpha value is 0.550. The van der Waals surface area contributed by atoms with E-state index in [-0.39, 0.29) is 5.92 Å². The second-order valence-electron chi connectivity index (χ2n) is 5.90. The molecule has 1 aliphatic heterocycles. The Balaban J connectivity index is 2.35. The number of aliphatic hydroxyl groups is 1. The van der Waals surface area contributed by atoms with Crippen LogP contribution in [0.2, 0.25) is 0 Å². The SMILES string of the molecule is CCOP(=O)(OCC)C(=C1SCCCS1)C(O)C1CCCCC1. The molecule has 0 bridgehead atoms. The lowest BCUT2D eigenvalue weighted by molar-refractivity contribution is 0.114. The Morgan fingerprint density at radius 1 is 1.13 bits per heavy atom. The van der Waals surface area contributed by atoms with Crippen LogP contribution in [-0.2, 0) is 13.6 Å². The predicted octanol–water partition coefficient (Wildman–Crippen LogP) is 5.23. The number of aliphatic hydroxyl groups excluding tert-OH is 1. The summed E-state index contributed by atoms with van der Waals surface area (Å²) in [5.74, 6) is 2.17. The van der Waals surface area contributed by atoms with Gasteiger partial charge in [0, 0.05) is 0 Å². The van der Waals surface area contributed by atoms with Gasteiger partial charge < -0.3 is 14.2 Å². The summed E-state index contributed by atoms with van der Waals surface area (Å²) in [4.78, 5) is 0. The third-order valence-corrected chi connectivity index (χ3v) is 9.47. The Bertz CT molecular complexity index is 431. The fraction of sp³-hybridized carbons (Fsp3) is 0.875. The summed E-state index contributed by atoms with van der Waals surface area (Å²) in [6.07, 6.45) is 5.91. The van der Waals surface area contributed by atoms with E-state index in [9.17, 15) is 9.67 Å². The van der Waals surface area contributed by atoms with Crippen molar-refractivity contribution in [1.29, 1.82) is 0 Å². The summed E-state index contributed by atoms with van der Waals surface area (Å²) in [6, 6.07) is 0. The zero-order valence-corrected chi connectivity index (χ0v) is 16.7. The molecule has 1 atom stereocenters. The third-order valence-electron chi connectivity index (χ3n) is 4.23. The topological polar surface area (TPSA) is 55.8 Å². The molecular weight excluding hydrogens is 351 g/mol. The zero-order valence-electron chi connectivity index (χ0n) is 14.2. The van der Waals surface area contributed by atoms with E-state index in [2.05, 4.69) is 0 Å². The molecule has 1 heterocycles. The van der Waals surface area contributed by atoms with Crippen molar-refractivity contribution in [1.82, 2.24) is 0 Å². The highest BCUT2D eigenvalue weighted by Gasteiger charge is 2.41. The quantitative estimate of drug-likeness (QED) is 0.610. The maximum atomic E-state index is 13.4. The summed E-state index contributed by atoms with van der Waals surface area (Å²) in [5.41, 5.74) is 0. The number of thioether (sulfide) groups is 2. The fourth-order valence-electron chi connectivity index (χ4n) is 3.16. The standard InChI is InChI=1S/C16H29O4PS2/c1-3-19-21(18,20-4-2)15(16-22-11-8-12-23-16)14(17)13-9-6-5-7-10-13/h13-14,17H,3-12H2,1-2H3. The van der Waals surface area contributed by atoms with Crippen LogP contribution in [0.4, 0.5) is 0 Å².